The van der Waals surface area contributed by atoms with Crippen molar-refractivity contribution < 1.29 is 0 Å². The van der Waals surface area contributed by atoms with E-state index in [1.807, 2.05) is 0 Å². The van der Waals surface area contributed by atoms with E-state index >= 15 is 0 Å². The van der Waals surface area contributed by atoms with E-state index in [0.717, 1.165) is 0 Å². The number of rotatable bonds is 3. The maximum absolute atomic E-state index is 2.38. The van der Waals surface area contributed by atoms with Crippen LogP contribution >= 0.6 is 0 Å². The molecular weight excluding hydrogens is 93.0 g/mol. The van der Waals surface area contributed by atoms with Gasteiger partial charge >= 0.3 is 0 Å². The molecule has 0 aliphatic rings. The molecule has 0 saturated heterocycles. The molecule has 0 spiro atoms. The molecule has 0 aromatic carbocycles. The fourth-order valence-corrected chi connectivity index (χ4v) is 0.671. The van der Waals surface area contributed by atoms with Gasteiger partial charge in [0.1, 0.15) is 0 Å². The summed E-state index contributed by atoms with van der Waals surface area (Å²) in [5.41, 5.74) is 0. The molecule has 0 amide bonds. The SMILES string of the molecule is CCN(CC)CC.[Li]. The van der Waals surface area contributed by atoms with Crippen molar-refractivity contribution in [3.63, 3.8) is 0 Å². The van der Waals surface area contributed by atoms with Crippen LogP contribution in [-0.2, 0) is 0 Å². The van der Waals surface area contributed by atoms with Crippen molar-refractivity contribution in [2.45, 2.75) is 20.8 Å². The molecule has 0 N–H and O–H groups in total. The normalized spacial score (nSPS) is 9.00. The molecule has 2 heteroatoms. The number of nitrogens with zero attached hydrogens (tertiary/aromatic N) is 1. The monoisotopic (exact) mass is 108 g/mol. The Kier molecular flexibility index (Phi) is 10.7. The van der Waals surface area contributed by atoms with Crippen molar-refractivity contribution >= 4 is 18.9 Å². The Hall–Kier alpha value is 0.557. The van der Waals surface area contributed by atoms with Gasteiger partial charge in [-0.3, -0.25) is 0 Å². The first-order valence-corrected chi connectivity index (χ1v) is 3.07. The van der Waals surface area contributed by atoms with E-state index in [4.69, 9.17) is 0 Å². The predicted molar refractivity (Wildman–Crippen MR) is 39.2 cm³/mol. The van der Waals surface area contributed by atoms with Crippen molar-refractivity contribution in [1.29, 1.82) is 0 Å². The zero-order valence-corrected chi connectivity index (χ0v) is 6.57. The van der Waals surface area contributed by atoms with E-state index in [1.54, 1.807) is 0 Å². The van der Waals surface area contributed by atoms with Crippen LogP contribution in [0.2, 0.25) is 0 Å². The fraction of sp³-hybridized carbons (Fsp3) is 1.00. The number of hydrogen-bond donors (Lipinski definition) is 0. The molecule has 0 bridgehead atoms. The van der Waals surface area contributed by atoms with Gasteiger partial charge in [-0.15, -0.1) is 0 Å². The molecule has 1 radical (unpaired) electrons. The van der Waals surface area contributed by atoms with Gasteiger partial charge in [-0.2, -0.15) is 0 Å². The van der Waals surface area contributed by atoms with Crippen LogP contribution in [0.25, 0.3) is 0 Å². The van der Waals surface area contributed by atoms with Gasteiger partial charge in [0, 0.05) is 18.9 Å². The van der Waals surface area contributed by atoms with Gasteiger partial charge < -0.3 is 4.90 Å². The van der Waals surface area contributed by atoms with Crippen LogP contribution < -0.4 is 0 Å². The summed E-state index contributed by atoms with van der Waals surface area (Å²) in [6.45, 7) is 10.1. The second kappa shape index (κ2) is 7.56. The van der Waals surface area contributed by atoms with Crippen molar-refractivity contribution in [1.82, 2.24) is 4.90 Å². The van der Waals surface area contributed by atoms with Crippen LogP contribution in [-0.4, -0.2) is 43.4 Å². The van der Waals surface area contributed by atoms with Crippen LogP contribution in [0.15, 0.2) is 0 Å². The van der Waals surface area contributed by atoms with Crippen LogP contribution in [0, 0.1) is 0 Å². The topological polar surface area (TPSA) is 3.24 Å². The van der Waals surface area contributed by atoms with Crippen molar-refractivity contribution in [3.05, 3.63) is 0 Å². The van der Waals surface area contributed by atoms with Crippen LogP contribution in [0.4, 0.5) is 0 Å². The average Bonchev–Trinajstić information content (AvgIpc) is 1.72. The average molecular weight is 108 g/mol. The molecule has 45 valence electrons. The molecule has 0 saturated carbocycles. The minimum atomic E-state index is 0. The summed E-state index contributed by atoms with van der Waals surface area (Å²) in [5.74, 6) is 0. The molecule has 0 aliphatic heterocycles. The molecule has 0 atom stereocenters. The molecule has 0 unspecified atom stereocenters. The summed E-state index contributed by atoms with van der Waals surface area (Å²) in [6, 6.07) is 0. The van der Waals surface area contributed by atoms with Crippen molar-refractivity contribution in [2.24, 2.45) is 0 Å². The molecule has 8 heavy (non-hydrogen) atoms. The summed E-state index contributed by atoms with van der Waals surface area (Å²) in [4.78, 5) is 2.38. The summed E-state index contributed by atoms with van der Waals surface area (Å²) < 4.78 is 0. The van der Waals surface area contributed by atoms with E-state index in [0.29, 0.717) is 0 Å². The Bertz CT molecular complexity index is 30.0. The fourth-order valence-electron chi connectivity index (χ4n) is 0.671. The maximum Gasteiger partial charge on any atom is 0 e. The molecular formula is C6H15LiN. The number of hydrogen-bond acceptors (Lipinski definition) is 1. The smallest absolute Gasteiger partial charge is 0 e. The van der Waals surface area contributed by atoms with Gasteiger partial charge in [0.15, 0.2) is 0 Å². The van der Waals surface area contributed by atoms with E-state index in [9.17, 15) is 0 Å². The van der Waals surface area contributed by atoms with Crippen molar-refractivity contribution in [2.75, 3.05) is 19.6 Å². The first-order valence-electron chi connectivity index (χ1n) is 3.07. The minimum absolute atomic E-state index is 0. The third-order valence-electron chi connectivity index (χ3n) is 1.34. The molecule has 0 aliphatic carbocycles. The van der Waals surface area contributed by atoms with Gasteiger partial charge in [-0.05, 0) is 19.6 Å². The Labute approximate surface area is 64.6 Å². The van der Waals surface area contributed by atoms with Gasteiger partial charge in [-0.1, -0.05) is 20.8 Å². The molecule has 0 aromatic rings. The molecule has 1 nitrogen and oxygen atoms in total. The van der Waals surface area contributed by atoms with Gasteiger partial charge in [-0.25, -0.2) is 0 Å². The molecule has 0 heterocycles. The Morgan fingerprint density at radius 3 is 1.12 bits per heavy atom. The third-order valence-corrected chi connectivity index (χ3v) is 1.34. The first-order chi connectivity index (χ1) is 3.35. The van der Waals surface area contributed by atoms with Crippen LogP contribution in [0.5, 0.6) is 0 Å². The largest absolute Gasteiger partial charge is 0.304 e. The second-order valence-corrected chi connectivity index (χ2v) is 1.62. The van der Waals surface area contributed by atoms with E-state index in [-0.39, 0.29) is 18.9 Å². The van der Waals surface area contributed by atoms with Crippen LogP contribution in [0.1, 0.15) is 20.8 Å². The Balaban J connectivity index is 0. The maximum atomic E-state index is 2.38. The van der Waals surface area contributed by atoms with Crippen molar-refractivity contribution in [3.8, 4) is 0 Å². The summed E-state index contributed by atoms with van der Waals surface area (Å²) in [5, 5.41) is 0. The van der Waals surface area contributed by atoms with Gasteiger partial charge in [0.2, 0.25) is 0 Å². The van der Waals surface area contributed by atoms with E-state index in [2.05, 4.69) is 25.7 Å². The standard InChI is InChI=1S/C6H15N.Li/c1-4-7(5-2)6-3;/h4-6H2,1-3H3;. The zero-order chi connectivity index (χ0) is 5.70. The first kappa shape index (κ1) is 11.4. The van der Waals surface area contributed by atoms with E-state index in [1.165, 1.54) is 19.6 Å². The molecule has 0 rings (SSSR count). The summed E-state index contributed by atoms with van der Waals surface area (Å²) in [6.07, 6.45) is 0. The van der Waals surface area contributed by atoms with Gasteiger partial charge in [0.05, 0.1) is 0 Å². The Morgan fingerprint density at radius 2 is 1.12 bits per heavy atom. The third kappa shape index (κ3) is 4.71. The minimum Gasteiger partial charge on any atom is -0.304 e. The molecule has 0 aromatic heterocycles. The van der Waals surface area contributed by atoms with E-state index < -0.39 is 0 Å². The second-order valence-electron chi connectivity index (χ2n) is 1.62. The summed E-state index contributed by atoms with van der Waals surface area (Å²) >= 11 is 0. The van der Waals surface area contributed by atoms with Crippen LogP contribution in [0.3, 0.4) is 0 Å². The molecule has 0 fully saturated rings. The van der Waals surface area contributed by atoms with Gasteiger partial charge in [0.25, 0.3) is 0 Å². The zero-order valence-electron chi connectivity index (χ0n) is 6.57. The predicted octanol–water partition coefficient (Wildman–Crippen LogP) is 0.967. The Morgan fingerprint density at radius 1 is 0.875 bits per heavy atom. The summed E-state index contributed by atoms with van der Waals surface area (Å²) in [7, 11) is 0. The quantitative estimate of drug-likeness (QED) is 0.487.